The number of benzene rings is 3. The molecule has 35 heavy (non-hydrogen) atoms. The molecule has 0 saturated carbocycles. The summed E-state index contributed by atoms with van der Waals surface area (Å²) in [5, 5.41) is 12.7. The van der Waals surface area contributed by atoms with Gasteiger partial charge in [-0.2, -0.15) is 0 Å². The Hall–Kier alpha value is -4.03. The highest BCUT2D eigenvalue weighted by Gasteiger charge is 2.48. The minimum atomic E-state index is -0.852. The highest BCUT2D eigenvalue weighted by Crippen LogP contribution is 2.45. The Labute approximate surface area is 207 Å². The molecule has 0 spiro atoms. The van der Waals surface area contributed by atoms with Crippen LogP contribution in [0.3, 0.4) is 0 Å². The maximum absolute atomic E-state index is 13.4. The highest BCUT2D eigenvalue weighted by atomic mass is 35.5. The Morgan fingerprint density at radius 3 is 2.57 bits per heavy atom. The second-order valence-corrected chi connectivity index (χ2v) is 8.76. The van der Waals surface area contributed by atoms with Gasteiger partial charge in [-0.15, -0.1) is 0 Å². The molecule has 1 atom stereocenters. The summed E-state index contributed by atoms with van der Waals surface area (Å²) in [5.74, 6) is -1.19. The van der Waals surface area contributed by atoms with Crippen LogP contribution < -0.4 is 9.64 Å². The van der Waals surface area contributed by atoms with Crippen LogP contribution in [0.2, 0.25) is 5.02 Å². The summed E-state index contributed by atoms with van der Waals surface area (Å²) in [6.07, 6.45) is 1.89. The summed E-state index contributed by atoms with van der Waals surface area (Å²) >= 11 is 6.24. The van der Waals surface area contributed by atoms with Crippen molar-refractivity contribution in [3.05, 3.63) is 101 Å². The summed E-state index contributed by atoms with van der Waals surface area (Å²) in [5.41, 5.74) is 2.55. The SMILES string of the molecule is CCOc1cccc(/C(O)=C2\C(=O)C(=O)N(c3cccc(Cl)c3)C2c2cn(C)c3ccccc23)c1. The van der Waals surface area contributed by atoms with Crippen molar-refractivity contribution in [1.29, 1.82) is 0 Å². The van der Waals surface area contributed by atoms with Crippen molar-refractivity contribution in [2.45, 2.75) is 13.0 Å². The number of carbonyl (C=O) groups excluding carboxylic acids is 2. The molecular formula is C28H23ClN2O4. The third-order valence-electron chi connectivity index (χ3n) is 6.17. The molecule has 1 aliphatic rings. The first-order valence-corrected chi connectivity index (χ1v) is 11.6. The van der Waals surface area contributed by atoms with Crippen LogP contribution in [0.25, 0.3) is 16.7 Å². The number of hydrogen-bond acceptors (Lipinski definition) is 4. The predicted octanol–water partition coefficient (Wildman–Crippen LogP) is 5.86. The van der Waals surface area contributed by atoms with Gasteiger partial charge in [0, 0.05) is 46.0 Å². The van der Waals surface area contributed by atoms with Gasteiger partial charge in [0.2, 0.25) is 0 Å². The molecule has 1 fully saturated rings. The minimum absolute atomic E-state index is 0.0139. The van der Waals surface area contributed by atoms with Gasteiger partial charge in [-0.1, -0.05) is 48.0 Å². The Kier molecular flexibility index (Phi) is 5.83. The first-order chi connectivity index (χ1) is 16.9. The van der Waals surface area contributed by atoms with Crippen molar-refractivity contribution < 1.29 is 19.4 Å². The highest BCUT2D eigenvalue weighted by molar-refractivity contribution is 6.52. The van der Waals surface area contributed by atoms with Crippen LogP contribution in [0.5, 0.6) is 5.75 Å². The summed E-state index contributed by atoms with van der Waals surface area (Å²) in [6, 6.07) is 20.5. The van der Waals surface area contributed by atoms with Crippen molar-refractivity contribution >= 4 is 45.6 Å². The lowest BCUT2D eigenvalue weighted by Gasteiger charge is -2.25. The van der Waals surface area contributed by atoms with Gasteiger partial charge in [-0.3, -0.25) is 14.5 Å². The monoisotopic (exact) mass is 486 g/mol. The predicted molar refractivity (Wildman–Crippen MR) is 137 cm³/mol. The van der Waals surface area contributed by atoms with E-state index < -0.39 is 17.7 Å². The summed E-state index contributed by atoms with van der Waals surface area (Å²) in [6.45, 7) is 2.32. The molecule has 1 N–H and O–H groups in total. The molecule has 1 unspecified atom stereocenters. The molecule has 4 aromatic rings. The quantitative estimate of drug-likeness (QED) is 0.218. The molecule has 1 aromatic heterocycles. The average molecular weight is 487 g/mol. The fourth-order valence-corrected chi connectivity index (χ4v) is 4.85. The Balaban J connectivity index is 1.78. The van der Waals surface area contributed by atoms with Crippen LogP contribution in [0.15, 0.2) is 84.6 Å². The first kappa shape index (κ1) is 22.7. The van der Waals surface area contributed by atoms with Gasteiger partial charge in [0.15, 0.2) is 0 Å². The van der Waals surface area contributed by atoms with Crippen LogP contribution in [0.4, 0.5) is 5.69 Å². The normalized spacial score (nSPS) is 17.3. The van der Waals surface area contributed by atoms with Gasteiger partial charge in [-0.05, 0) is 43.3 Å². The number of anilines is 1. The smallest absolute Gasteiger partial charge is 0.300 e. The number of ketones is 1. The van der Waals surface area contributed by atoms with E-state index in [0.717, 1.165) is 16.5 Å². The number of hydrogen-bond donors (Lipinski definition) is 1. The molecule has 7 heteroatoms. The Bertz CT molecular complexity index is 1500. The van der Waals surface area contributed by atoms with Crippen molar-refractivity contribution in [2.75, 3.05) is 11.5 Å². The van der Waals surface area contributed by atoms with E-state index in [4.69, 9.17) is 16.3 Å². The molecule has 5 rings (SSSR count). The number of amides is 1. The largest absolute Gasteiger partial charge is 0.507 e. The van der Waals surface area contributed by atoms with Crippen LogP contribution in [0.1, 0.15) is 24.1 Å². The maximum Gasteiger partial charge on any atom is 0.300 e. The van der Waals surface area contributed by atoms with Gasteiger partial charge >= 0.3 is 0 Å². The summed E-state index contributed by atoms with van der Waals surface area (Å²) in [4.78, 5) is 28.3. The van der Waals surface area contributed by atoms with E-state index in [1.807, 2.05) is 49.0 Å². The van der Waals surface area contributed by atoms with Gasteiger partial charge in [0.05, 0.1) is 18.2 Å². The molecule has 1 aliphatic heterocycles. The van der Waals surface area contributed by atoms with E-state index >= 15 is 0 Å². The summed E-state index contributed by atoms with van der Waals surface area (Å²) in [7, 11) is 1.91. The van der Waals surface area contributed by atoms with Gasteiger partial charge in [0.25, 0.3) is 11.7 Å². The van der Waals surface area contributed by atoms with E-state index in [2.05, 4.69) is 0 Å². The number of aryl methyl sites for hydroxylation is 1. The fraction of sp³-hybridized carbons (Fsp3) is 0.143. The molecule has 2 heterocycles. The van der Waals surface area contributed by atoms with E-state index in [1.165, 1.54) is 4.90 Å². The zero-order valence-electron chi connectivity index (χ0n) is 19.2. The number of ether oxygens (including phenoxy) is 1. The number of para-hydroxylation sites is 1. The molecule has 3 aromatic carbocycles. The standard InChI is InChI=1S/C28H23ClN2O4/c1-3-35-20-11-6-8-17(14-20)26(32)24-25(22-16-30(2)23-13-5-4-12-21(22)23)31(28(34)27(24)33)19-10-7-9-18(29)15-19/h4-16,25,32H,3H2,1-2H3/b26-24+. The number of rotatable bonds is 5. The molecule has 0 bridgehead atoms. The third-order valence-corrected chi connectivity index (χ3v) is 6.41. The first-order valence-electron chi connectivity index (χ1n) is 11.2. The molecule has 176 valence electrons. The lowest BCUT2D eigenvalue weighted by molar-refractivity contribution is -0.132. The molecule has 1 saturated heterocycles. The van der Waals surface area contributed by atoms with Crippen LogP contribution in [0, 0.1) is 0 Å². The second-order valence-electron chi connectivity index (χ2n) is 8.32. The van der Waals surface area contributed by atoms with E-state index in [9.17, 15) is 14.7 Å². The van der Waals surface area contributed by atoms with Gasteiger partial charge in [-0.25, -0.2) is 0 Å². The molecule has 1 amide bonds. The zero-order valence-corrected chi connectivity index (χ0v) is 20.0. The number of aliphatic hydroxyl groups excluding tert-OH is 1. The van der Waals surface area contributed by atoms with Crippen LogP contribution in [-0.4, -0.2) is 28.0 Å². The number of halogens is 1. The number of aliphatic hydroxyl groups is 1. The van der Waals surface area contributed by atoms with E-state index in [1.54, 1.807) is 48.5 Å². The van der Waals surface area contributed by atoms with Crippen molar-refractivity contribution in [1.82, 2.24) is 4.57 Å². The average Bonchev–Trinajstić information content (AvgIpc) is 3.32. The number of Topliss-reactive ketones (excluding diaryl/α,β-unsaturated/α-hetero) is 1. The molecular weight excluding hydrogens is 464 g/mol. The maximum atomic E-state index is 13.4. The minimum Gasteiger partial charge on any atom is -0.507 e. The third kappa shape index (κ3) is 3.86. The second kappa shape index (κ2) is 8.96. The molecule has 6 nitrogen and oxygen atoms in total. The lowest BCUT2D eigenvalue weighted by Crippen LogP contribution is -2.29. The van der Waals surface area contributed by atoms with Crippen molar-refractivity contribution in [3.8, 4) is 5.75 Å². The van der Waals surface area contributed by atoms with E-state index in [-0.39, 0.29) is 11.3 Å². The van der Waals surface area contributed by atoms with Crippen molar-refractivity contribution in [2.24, 2.45) is 7.05 Å². The molecule has 0 radical (unpaired) electrons. The Morgan fingerprint density at radius 1 is 1.03 bits per heavy atom. The number of fused-ring (bicyclic) bond motifs is 1. The zero-order chi connectivity index (χ0) is 24.7. The van der Waals surface area contributed by atoms with Gasteiger partial charge in [0.1, 0.15) is 11.5 Å². The van der Waals surface area contributed by atoms with E-state index in [0.29, 0.717) is 28.6 Å². The summed E-state index contributed by atoms with van der Waals surface area (Å²) < 4.78 is 7.51. The topological polar surface area (TPSA) is 71.8 Å². The number of aromatic nitrogens is 1. The number of carbonyl (C=O) groups is 2. The van der Waals surface area contributed by atoms with Crippen LogP contribution in [-0.2, 0) is 16.6 Å². The Morgan fingerprint density at radius 2 is 1.80 bits per heavy atom. The van der Waals surface area contributed by atoms with Gasteiger partial charge < -0.3 is 14.4 Å². The molecule has 0 aliphatic carbocycles. The fourth-order valence-electron chi connectivity index (χ4n) is 4.67. The van der Waals surface area contributed by atoms with Crippen LogP contribution >= 0.6 is 11.6 Å². The number of nitrogens with zero attached hydrogens (tertiary/aromatic N) is 2. The van der Waals surface area contributed by atoms with Crippen molar-refractivity contribution in [3.63, 3.8) is 0 Å². The lowest BCUT2D eigenvalue weighted by atomic mass is 9.94.